The van der Waals surface area contributed by atoms with E-state index in [-0.39, 0.29) is 35.9 Å². The van der Waals surface area contributed by atoms with Gasteiger partial charge in [-0.25, -0.2) is 9.18 Å². The molecule has 4 rings (SSSR count). The van der Waals surface area contributed by atoms with Crippen LogP contribution in [0.15, 0.2) is 22.7 Å². The largest absolute Gasteiger partial charge is 0.465 e. The van der Waals surface area contributed by atoms with Crippen molar-refractivity contribution in [2.75, 3.05) is 39.4 Å². The van der Waals surface area contributed by atoms with Crippen molar-refractivity contribution in [1.29, 1.82) is 0 Å². The quantitative estimate of drug-likeness (QED) is 0.759. The highest BCUT2D eigenvalue weighted by molar-refractivity contribution is 5.95. The second-order valence-electron chi connectivity index (χ2n) is 7.39. The molecule has 2 aromatic rings. The number of ether oxygens (including phenoxy) is 2. The van der Waals surface area contributed by atoms with Gasteiger partial charge in [-0.3, -0.25) is 4.79 Å². The van der Waals surface area contributed by atoms with Gasteiger partial charge in [-0.2, -0.15) is 4.98 Å². The summed E-state index contributed by atoms with van der Waals surface area (Å²) in [5.74, 6) is -0.585. The van der Waals surface area contributed by atoms with E-state index in [9.17, 15) is 14.0 Å². The Morgan fingerprint density at radius 3 is 2.58 bits per heavy atom. The molecule has 0 saturated carbocycles. The van der Waals surface area contributed by atoms with Crippen molar-refractivity contribution < 1.29 is 33.1 Å². The molecule has 0 radical (unpaired) electrons. The number of carbonyl (C=O) groups excluding carboxylic acids is 1. The van der Waals surface area contributed by atoms with Gasteiger partial charge in [0, 0.05) is 31.7 Å². The number of rotatable bonds is 5. The summed E-state index contributed by atoms with van der Waals surface area (Å²) in [6.45, 7) is 2.68. The van der Waals surface area contributed by atoms with Crippen molar-refractivity contribution in [3.05, 3.63) is 35.5 Å². The van der Waals surface area contributed by atoms with Crippen molar-refractivity contribution >= 4 is 12.0 Å². The molecule has 10 nitrogen and oxygen atoms in total. The minimum absolute atomic E-state index is 0.00888. The van der Waals surface area contributed by atoms with E-state index in [1.54, 1.807) is 11.0 Å². The molecule has 0 unspecified atom stereocenters. The molecule has 0 atom stereocenters. The number of morpholine rings is 1. The van der Waals surface area contributed by atoms with Crippen LogP contribution >= 0.6 is 0 Å². The van der Waals surface area contributed by atoms with Crippen LogP contribution < -0.4 is 0 Å². The van der Waals surface area contributed by atoms with Crippen molar-refractivity contribution in [3.8, 4) is 11.4 Å². The van der Waals surface area contributed by atoms with Gasteiger partial charge < -0.3 is 28.9 Å². The Bertz CT molecular complexity index is 938. The molecule has 2 amide bonds. The summed E-state index contributed by atoms with van der Waals surface area (Å²) < 4.78 is 30.7. The first-order valence-corrected chi connectivity index (χ1v) is 10.1. The fraction of sp³-hybridized carbons (Fsp3) is 0.500. The zero-order valence-electron chi connectivity index (χ0n) is 16.8. The summed E-state index contributed by atoms with van der Waals surface area (Å²) in [4.78, 5) is 30.6. The van der Waals surface area contributed by atoms with E-state index in [2.05, 4.69) is 10.1 Å². The Balaban J connectivity index is 1.35. The van der Waals surface area contributed by atoms with Gasteiger partial charge in [0.05, 0.1) is 24.9 Å². The monoisotopic (exact) mass is 434 g/mol. The van der Waals surface area contributed by atoms with E-state index in [0.717, 1.165) is 0 Å². The lowest BCUT2D eigenvalue weighted by molar-refractivity contribution is -0.00953. The zero-order chi connectivity index (χ0) is 21.8. The Hall–Kier alpha value is -3.05. The maximum atomic E-state index is 14.6. The average Bonchev–Trinajstić information content (AvgIpc) is 3.27. The molecule has 0 aliphatic carbocycles. The Kier molecular flexibility index (Phi) is 6.42. The number of aromatic nitrogens is 2. The van der Waals surface area contributed by atoms with Crippen LogP contribution in [0, 0.1) is 5.82 Å². The number of benzene rings is 1. The van der Waals surface area contributed by atoms with E-state index in [1.165, 1.54) is 17.0 Å². The SMILES string of the molecule is O=C(O)N1CCC(OCc2nc(-c3ccc(C(=O)N4CCOCC4)c(F)c3)no2)CC1. The van der Waals surface area contributed by atoms with Gasteiger partial charge in [0.2, 0.25) is 5.82 Å². The second-order valence-corrected chi connectivity index (χ2v) is 7.39. The molecule has 0 spiro atoms. The number of nitrogens with zero attached hydrogens (tertiary/aromatic N) is 4. The molecular formula is C20H23FN4O6. The fourth-order valence-corrected chi connectivity index (χ4v) is 3.60. The lowest BCUT2D eigenvalue weighted by Crippen LogP contribution is -2.41. The summed E-state index contributed by atoms with van der Waals surface area (Å²) in [6.07, 6.45) is 0.174. The minimum Gasteiger partial charge on any atom is -0.465 e. The first-order chi connectivity index (χ1) is 15.0. The number of likely N-dealkylation sites (tertiary alicyclic amines) is 1. The van der Waals surface area contributed by atoms with Crippen LogP contribution in [0.4, 0.5) is 9.18 Å². The van der Waals surface area contributed by atoms with Crippen LogP contribution in [0.5, 0.6) is 0 Å². The Labute approximate surface area is 177 Å². The van der Waals surface area contributed by atoms with Crippen LogP contribution in [-0.2, 0) is 16.1 Å². The third-order valence-electron chi connectivity index (χ3n) is 5.38. The van der Waals surface area contributed by atoms with Crippen molar-refractivity contribution in [3.63, 3.8) is 0 Å². The molecule has 1 aromatic carbocycles. The molecule has 11 heteroatoms. The molecule has 0 bridgehead atoms. The van der Waals surface area contributed by atoms with E-state index >= 15 is 0 Å². The highest BCUT2D eigenvalue weighted by Crippen LogP contribution is 2.22. The van der Waals surface area contributed by atoms with Crippen molar-refractivity contribution in [2.45, 2.75) is 25.6 Å². The Morgan fingerprint density at radius 2 is 1.90 bits per heavy atom. The molecule has 1 N–H and O–H groups in total. The first kappa shape index (κ1) is 21.2. The van der Waals surface area contributed by atoms with Gasteiger partial charge in [-0.1, -0.05) is 11.2 Å². The van der Waals surface area contributed by atoms with Crippen LogP contribution in [0.2, 0.25) is 0 Å². The number of hydrogen-bond acceptors (Lipinski definition) is 7. The van der Waals surface area contributed by atoms with E-state index in [4.69, 9.17) is 19.1 Å². The molecule has 1 aromatic heterocycles. The third kappa shape index (κ3) is 5.00. The summed E-state index contributed by atoms with van der Waals surface area (Å²) in [7, 11) is 0. The lowest BCUT2D eigenvalue weighted by atomic mass is 10.1. The minimum atomic E-state index is -0.926. The van der Waals surface area contributed by atoms with Crippen LogP contribution in [-0.4, -0.2) is 82.5 Å². The lowest BCUT2D eigenvalue weighted by Gasteiger charge is -2.29. The molecule has 3 heterocycles. The second kappa shape index (κ2) is 9.40. The van der Waals surface area contributed by atoms with Gasteiger partial charge in [-0.15, -0.1) is 0 Å². The summed E-state index contributed by atoms with van der Waals surface area (Å²) in [6, 6.07) is 4.21. The zero-order valence-corrected chi connectivity index (χ0v) is 16.8. The summed E-state index contributed by atoms with van der Waals surface area (Å²) in [5, 5.41) is 12.8. The van der Waals surface area contributed by atoms with Gasteiger partial charge in [0.15, 0.2) is 0 Å². The van der Waals surface area contributed by atoms with Crippen molar-refractivity contribution in [2.24, 2.45) is 0 Å². The standard InChI is InChI=1S/C20H23FN4O6/c21-16-11-13(1-2-15(16)19(26)24-7-9-29-10-8-24)18-22-17(31-23-18)12-30-14-3-5-25(6-4-14)20(27)28/h1-2,11,14H,3-10,12H2,(H,27,28). The average molecular weight is 434 g/mol. The maximum Gasteiger partial charge on any atom is 0.407 e. The van der Waals surface area contributed by atoms with Gasteiger partial charge in [0.25, 0.3) is 11.8 Å². The highest BCUT2D eigenvalue weighted by Gasteiger charge is 2.24. The van der Waals surface area contributed by atoms with Gasteiger partial charge in [-0.05, 0) is 25.0 Å². The predicted molar refractivity (Wildman–Crippen MR) is 104 cm³/mol. The topological polar surface area (TPSA) is 118 Å². The predicted octanol–water partition coefficient (Wildman–Crippen LogP) is 2.01. The van der Waals surface area contributed by atoms with Crippen LogP contribution in [0.1, 0.15) is 29.1 Å². The van der Waals surface area contributed by atoms with Gasteiger partial charge >= 0.3 is 6.09 Å². The molecule has 2 aliphatic heterocycles. The number of piperidine rings is 1. The fourth-order valence-electron chi connectivity index (χ4n) is 3.60. The third-order valence-corrected chi connectivity index (χ3v) is 5.38. The normalized spacial score (nSPS) is 17.7. The molecule has 2 aliphatic rings. The number of amides is 2. The van der Waals surface area contributed by atoms with E-state index < -0.39 is 11.9 Å². The summed E-state index contributed by atoms with van der Waals surface area (Å²) >= 11 is 0. The maximum absolute atomic E-state index is 14.6. The number of carbonyl (C=O) groups is 2. The molecule has 31 heavy (non-hydrogen) atoms. The van der Waals surface area contributed by atoms with Crippen molar-refractivity contribution in [1.82, 2.24) is 19.9 Å². The molecular weight excluding hydrogens is 411 g/mol. The van der Waals surface area contributed by atoms with Gasteiger partial charge in [0.1, 0.15) is 12.4 Å². The van der Waals surface area contributed by atoms with E-state index in [1.807, 2.05) is 0 Å². The number of halogens is 1. The number of carboxylic acid groups (broad SMARTS) is 1. The number of hydrogen-bond donors (Lipinski definition) is 1. The Morgan fingerprint density at radius 1 is 1.16 bits per heavy atom. The molecule has 2 fully saturated rings. The van der Waals surface area contributed by atoms with Crippen LogP contribution in [0.3, 0.4) is 0 Å². The van der Waals surface area contributed by atoms with Crippen LogP contribution in [0.25, 0.3) is 11.4 Å². The summed E-state index contributed by atoms with van der Waals surface area (Å²) in [5.41, 5.74) is 0.381. The molecule has 166 valence electrons. The first-order valence-electron chi connectivity index (χ1n) is 10.1. The highest BCUT2D eigenvalue weighted by atomic mass is 19.1. The van der Waals surface area contributed by atoms with E-state index in [0.29, 0.717) is 57.8 Å². The molecule has 2 saturated heterocycles. The smallest absolute Gasteiger partial charge is 0.407 e.